The Morgan fingerprint density at radius 3 is 3.00 bits per heavy atom. The van der Waals surface area contributed by atoms with Crippen molar-refractivity contribution in [3.63, 3.8) is 0 Å². The summed E-state index contributed by atoms with van der Waals surface area (Å²) in [5, 5.41) is 2.65. The summed E-state index contributed by atoms with van der Waals surface area (Å²) in [6.07, 6.45) is 2.83. The summed E-state index contributed by atoms with van der Waals surface area (Å²) in [4.78, 5) is 14.9. The van der Waals surface area contributed by atoms with Crippen LogP contribution < -0.4 is 5.32 Å². The molecule has 0 aromatic carbocycles. The summed E-state index contributed by atoms with van der Waals surface area (Å²) in [5.74, 6) is 1.01. The van der Waals surface area contributed by atoms with Crippen LogP contribution in [-0.4, -0.2) is 10.9 Å². The summed E-state index contributed by atoms with van der Waals surface area (Å²) < 4.78 is 5.23. The molecule has 0 fully saturated rings. The van der Waals surface area contributed by atoms with Gasteiger partial charge in [-0.2, -0.15) is 0 Å². The molecule has 0 radical (unpaired) electrons. The van der Waals surface area contributed by atoms with Gasteiger partial charge in [0.15, 0.2) is 0 Å². The second kappa shape index (κ2) is 3.89. The molecule has 70 valence electrons. The topological polar surface area (TPSA) is 55.1 Å². The lowest BCUT2D eigenvalue weighted by molar-refractivity contribution is -0.117. The van der Waals surface area contributed by atoms with Crippen LogP contribution >= 0.6 is 0 Å². The zero-order chi connectivity index (χ0) is 9.84. The summed E-state index contributed by atoms with van der Waals surface area (Å²) in [6.45, 7) is 6.95. The van der Waals surface area contributed by atoms with Crippen molar-refractivity contribution in [1.29, 1.82) is 0 Å². The van der Waals surface area contributed by atoms with E-state index >= 15 is 0 Å². The summed E-state index contributed by atoms with van der Waals surface area (Å²) >= 11 is 0. The normalized spacial score (nSPS) is 12.2. The average Bonchev–Trinajstić information content (AvgIpc) is 2.51. The fourth-order valence-electron chi connectivity index (χ4n) is 0.906. The monoisotopic (exact) mass is 180 g/mol. The van der Waals surface area contributed by atoms with Crippen LogP contribution in [0.4, 0.5) is 0 Å². The third-order valence-corrected chi connectivity index (χ3v) is 1.55. The largest absolute Gasteiger partial charge is 0.444 e. The Hall–Kier alpha value is -1.58. The van der Waals surface area contributed by atoms with Crippen molar-refractivity contribution in [2.75, 3.05) is 0 Å². The van der Waals surface area contributed by atoms with Crippen molar-refractivity contribution < 1.29 is 9.21 Å². The number of hydrogen-bond acceptors (Lipinski definition) is 3. The van der Waals surface area contributed by atoms with Crippen LogP contribution in [0.2, 0.25) is 0 Å². The van der Waals surface area contributed by atoms with Gasteiger partial charge in [-0.25, -0.2) is 4.98 Å². The number of nitrogens with one attached hydrogen (secondary N) is 1. The molecule has 0 saturated heterocycles. The lowest BCUT2D eigenvalue weighted by Gasteiger charge is -2.07. The van der Waals surface area contributed by atoms with E-state index in [1.54, 1.807) is 20.0 Å². The van der Waals surface area contributed by atoms with Crippen LogP contribution in [0.25, 0.3) is 0 Å². The van der Waals surface area contributed by atoms with Crippen LogP contribution in [0.3, 0.4) is 0 Å². The van der Waals surface area contributed by atoms with Gasteiger partial charge < -0.3 is 9.73 Å². The first-order valence-electron chi connectivity index (χ1n) is 3.98. The molecule has 1 rings (SSSR count). The number of carbonyl (C=O) groups excluding carboxylic acids is 1. The smallest absolute Gasteiger partial charge is 0.244 e. The summed E-state index contributed by atoms with van der Waals surface area (Å²) in [5.41, 5.74) is 0. The van der Waals surface area contributed by atoms with Crippen LogP contribution in [-0.2, 0) is 4.79 Å². The highest BCUT2D eigenvalue weighted by molar-refractivity contribution is 5.87. The van der Waals surface area contributed by atoms with Crippen molar-refractivity contribution in [2.24, 2.45) is 0 Å². The minimum Gasteiger partial charge on any atom is -0.444 e. The van der Waals surface area contributed by atoms with Gasteiger partial charge in [0.1, 0.15) is 11.8 Å². The van der Waals surface area contributed by atoms with E-state index in [0.29, 0.717) is 5.89 Å². The third-order valence-electron chi connectivity index (χ3n) is 1.55. The number of hydrogen-bond donors (Lipinski definition) is 1. The average molecular weight is 180 g/mol. The SMILES string of the molecule is C=CC(=O)NC(C)c1ncc(C)o1. The number of aryl methyl sites for hydroxylation is 1. The fraction of sp³-hybridized carbons (Fsp3) is 0.333. The lowest BCUT2D eigenvalue weighted by Crippen LogP contribution is -2.24. The molecule has 0 aliphatic rings. The standard InChI is InChI=1S/C9H12N2O2/c1-4-8(12)11-7(3)9-10-5-6(2)13-9/h4-5,7H,1H2,2-3H3,(H,11,12). The van der Waals surface area contributed by atoms with Crippen molar-refractivity contribution in [1.82, 2.24) is 10.3 Å². The van der Waals surface area contributed by atoms with Gasteiger partial charge >= 0.3 is 0 Å². The quantitative estimate of drug-likeness (QED) is 0.714. The van der Waals surface area contributed by atoms with E-state index in [0.717, 1.165) is 5.76 Å². The molecular weight excluding hydrogens is 168 g/mol. The predicted molar refractivity (Wildman–Crippen MR) is 48.0 cm³/mol. The van der Waals surface area contributed by atoms with Crippen LogP contribution in [0, 0.1) is 6.92 Å². The first-order valence-corrected chi connectivity index (χ1v) is 3.98. The van der Waals surface area contributed by atoms with E-state index in [1.807, 2.05) is 0 Å². The number of rotatable bonds is 3. The summed E-state index contributed by atoms with van der Waals surface area (Å²) in [7, 11) is 0. The van der Waals surface area contributed by atoms with Crippen molar-refractivity contribution >= 4 is 5.91 Å². The summed E-state index contributed by atoms with van der Waals surface area (Å²) in [6, 6.07) is -0.223. The molecule has 1 atom stereocenters. The van der Waals surface area contributed by atoms with E-state index in [9.17, 15) is 4.79 Å². The first-order chi connectivity index (χ1) is 6.13. The Morgan fingerprint density at radius 2 is 2.54 bits per heavy atom. The molecule has 0 spiro atoms. The van der Waals surface area contributed by atoms with E-state index in [-0.39, 0.29) is 11.9 Å². The highest BCUT2D eigenvalue weighted by Crippen LogP contribution is 2.11. The highest BCUT2D eigenvalue weighted by Gasteiger charge is 2.11. The van der Waals surface area contributed by atoms with E-state index in [1.165, 1.54) is 6.08 Å². The maximum atomic E-state index is 10.9. The molecule has 1 amide bonds. The van der Waals surface area contributed by atoms with Crippen molar-refractivity contribution in [2.45, 2.75) is 19.9 Å². The molecule has 4 nitrogen and oxygen atoms in total. The molecule has 13 heavy (non-hydrogen) atoms. The van der Waals surface area contributed by atoms with E-state index in [4.69, 9.17) is 4.42 Å². The molecule has 0 aliphatic carbocycles. The Labute approximate surface area is 76.7 Å². The zero-order valence-corrected chi connectivity index (χ0v) is 7.70. The molecule has 1 aromatic heterocycles. The molecule has 0 saturated carbocycles. The maximum absolute atomic E-state index is 10.9. The van der Waals surface area contributed by atoms with Gasteiger partial charge in [-0.3, -0.25) is 4.79 Å². The molecule has 0 bridgehead atoms. The van der Waals surface area contributed by atoms with Crippen LogP contribution in [0.5, 0.6) is 0 Å². The maximum Gasteiger partial charge on any atom is 0.244 e. The van der Waals surface area contributed by atoms with Gasteiger partial charge in [0.25, 0.3) is 0 Å². The highest BCUT2D eigenvalue weighted by atomic mass is 16.4. The van der Waals surface area contributed by atoms with Crippen molar-refractivity contribution in [3.8, 4) is 0 Å². The minimum atomic E-state index is -0.233. The van der Waals surface area contributed by atoms with Crippen LogP contribution in [0.1, 0.15) is 24.6 Å². The number of aromatic nitrogens is 1. The lowest BCUT2D eigenvalue weighted by atomic mass is 10.3. The van der Waals surface area contributed by atoms with Crippen LogP contribution in [0.15, 0.2) is 23.3 Å². The molecular formula is C9H12N2O2. The van der Waals surface area contributed by atoms with Gasteiger partial charge in [0.2, 0.25) is 11.8 Å². The second-order valence-electron chi connectivity index (χ2n) is 2.74. The van der Waals surface area contributed by atoms with E-state index < -0.39 is 0 Å². The van der Waals surface area contributed by atoms with Gasteiger partial charge in [-0.05, 0) is 19.9 Å². The minimum absolute atomic E-state index is 0.223. The number of nitrogens with zero attached hydrogens (tertiary/aromatic N) is 1. The zero-order valence-electron chi connectivity index (χ0n) is 7.70. The van der Waals surface area contributed by atoms with E-state index in [2.05, 4.69) is 16.9 Å². The molecule has 1 unspecified atom stereocenters. The molecule has 0 aliphatic heterocycles. The van der Waals surface area contributed by atoms with Gasteiger partial charge in [0.05, 0.1) is 6.20 Å². The van der Waals surface area contributed by atoms with Gasteiger partial charge in [0, 0.05) is 0 Å². The number of amides is 1. The Balaban J connectivity index is 2.63. The molecule has 1 heterocycles. The number of carbonyl (C=O) groups is 1. The number of oxazole rings is 1. The fourth-order valence-corrected chi connectivity index (χ4v) is 0.906. The third kappa shape index (κ3) is 2.43. The second-order valence-corrected chi connectivity index (χ2v) is 2.74. The predicted octanol–water partition coefficient (Wildman–Crippen LogP) is 1.35. The van der Waals surface area contributed by atoms with Gasteiger partial charge in [-0.15, -0.1) is 0 Å². The first kappa shape index (κ1) is 9.51. The molecule has 1 aromatic rings. The Kier molecular flexibility index (Phi) is 2.84. The van der Waals surface area contributed by atoms with Gasteiger partial charge in [-0.1, -0.05) is 6.58 Å². The van der Waals surface area contributed by atoms with Crippen molar-refractivity contribution in [3.05, 3.63) is 30.5 Å². The Bertz CT molecular complexity index is 317. The molecule has 1 N–H and O–H groups in total. The Morgan fingerprint density at radius 1 is 1.85 bits per heavy atom. The molecule has 4 heteroatoms.